The molecule has 0 bridgehead atoms. The van der Waals surface area contributed by atoms with Crippen LogP contribution in [-0.2, 0) is 13.9 Å². The van der Waals surface area contributed by atoms with E-state index in [1.807, 2.05) is 0 Å². The van der Waals surface area contributed by atoms with E-state index in [9.17, 15) is 4.79 Å². The Morgan fingerprint density at radius 2 is 1.24 bits per heavy atom. The topological polar surface area (TPSA) is 245 Å². The van der Waals surface area contributed by atoms with Crippen LogP contribution in [0.15, 0.2) is 0 Å². The molecule has 0 rings (SSSR count). The van der Waals surface area contributed by atoms with Crippen LogP contribution in [0.4, 0.5) is 0 Å². The first kappa shape index (κ1) is 30.2. The fourth-order valence-electron chi connectivity index (χ4n) is 0.632. The number of hydrogen-bond donors (Lipinski definition) is 9. The molecule has 0 spiro atoms. The van der Waals surface area contributed by atoms with Crippen LogP contribution >= 0.6 is 15.6 Å². The molecule has 0 saturated carbocycles. The molecule has 0 saturated heterocycles. The number of carboxylic acid groups (broad SMARTS) is 1. The van der Waals surface area contributed by atoms with Crippen molar-refractivity contribution in [3.05, 3.63) is 0 Å². The molecule has 126 valence electrons. The van der Waals surface area contributed by atoms with E-state index < -0.39 is 27.7 Å². The van der Waals surface area contributed by atoms with Crippen LogP contribution < -0.4 is 11.5 Å². The molecule has 0 amide bonds. The van der Waals surface area contributed by atoms with Gasteiger partial charge in [0.2, 0.25) is 0 Å². The van der Waals surface area contributed by atoms with Gasteiger partial charge in [-0.05, 0) is 19.4 Å². The van der Waals surface area contributed by atoms with Crippen LogP contribution in [0, 0.1) is 0 Å². The summed E-state index contributed by atoms with van der Waals surface area (Å²) in [6.07, 6.45) is 2.16. The third-order valence-corrected chi connectivity index (χ3v) is 1.29. The van der Waals surface area contributed by atoms with E-state index in [0.29, 0.717) is 13.0 Å². The molecule has 1 unspecified atom stereocenters. The Bertz CT molecular complexity index is 308. The van der Waals surface area contributed by atoms with Crippen LogP contribution in [0.25, 0.3) is 0 Å². The van der Waals surface area contributed by atoms with E-state index in [-0.39, 0.29) is 51.4 Å². The average Bonchev–Trinajstić information content (AvgIpc) is 2.12. The maximum atomic E-state index is 10.1. The Morgan fingerprint density at radius 3 is 1.43 bits per heavy atom. The summed E-state index contributed by atoms with van der Waals surface area (Å²) in [6, 6.07) is -0.716. The van der Waals surface area contributed by atoms with Crippen LogP contribution in [0.2, 0.25) is 0 Å². The summed E-state index contributed by atoms with van der Waals surface area (Å²) < 4.78 is 17.8. The summed E-state index contributed by atoms with van der Waals surface area (Å²) >= 11 is 0. The number of hydrogen-bond acceptors (Lipinski definition) is 5. The van der Waals surface area contributed by atoms with Crippen molar-refractivity contribution < 1.29 is 48.4 Å². The second kappa shape index (κ2) is 16.1. The molecule has 0 aromatic carbocycles. The number of unbranched alkanes of at least 4 members (excludes halogenated alkanes) is 1. The zero-order valence-electron chi connectivity index (χ0n) is 10.3. The van der Waals surface area contributed by atoms with E-state index in [2.05, 4.69) is 0 Å². The molecule has 0 aromatic rings. The Hall–Kier alpha value is 1.25. The quantitative estimate of drug-likeness (QED) is 0.131. The fraction of sp³-hybridized carbons (Fsp3) is 0.833. The summed E-state index contributed by atoms with van der Waals surface area (Å²) in [5, 5.41) is 8.33. The molecule has 0 aliphatic rings. The van der Waals surface area contributed by atoms with Gasteiger partial charge >= 0.3 is 73.0 Å². The van der Waals surface area contributed by atoms with E-state index >= 15 is 0 Å². The molecule has 0 aliphatic carbocycles. The monoisotopic (exact) mass is 382 g/mol. The van der Waals surface area contributed by atoms with Gasteiger partial charge in [0.1, 0.15) is 6.04 Å². The van der Waals surface area contributed by atoms with Crippen LogP contribution in [-0.4, -0.2) is 104 Å². The molecule has 1 atom stereocenters. The standard InChI is InChI=1S/C6H14N2O2.K.2H3O4P.H/c7-4-2-1-3-5(8)6(9)10;;2*1-5(2,3)4;/h5H,1-4,7-8H2,(H,9,10);;2*(H3,1,2,3,4);. The van der Waals surface area contributed by atoms with Crippen molar-refractivity contribution in [3.8, 4) is 0 Å². The Kier molecular flexibility index (Phi) is 23.1. The molecular weight excluding hydrogens is 361 g/mol. The number of phosphoric acid groups is 2. The summed E-state index contributed by atoms with van der Waals surface area (Å²) in [5.41, 5.74) is 10.4. The number of aliphatic carboxylic acids is 1. The summed E-state index contributed by atoms with van der Waals surface area (Å²) in [5.74, 6) is -0.933. The number of carbonyl (C=O) groups is 1. The predicted octanol–water partition coefficient (Wildman–Crippen LogP) is -2.98. The molecule has 11 N–H and O–H groups in total. The Labute approximate surface area is 163 Å². The van der Waals surface area contributed by atoms with Crippen molar-refractivity contribution in [2.45, 2.75) is 25.3 Å². The maximum absolute atomic E-state index is 10.1. The normalized spacial score (nSPS) is 11.8. The summed E-state index contributed by atoms with van der Waals surface area (Å²) in [4.78, 5) is 53.3. The molecule has 15 heteroatoms. The second-order valence-electron chi connectivity index (χ2n) is 3.26. The first-order valence-electron chi connectivity index (χ1n) is 4.93. The Balaban J connectivity index is -0.000000112. The fourth-order valence-corrected chi connectivity index (χ4v) is 0.632. The van der Waals surface area contributed by atoms with Crippen molar-refractivity contribution in [2.75, 3.05) is 6.54 Å². The molecule has 0 radical (unpaired) electrons. The van der Waals surface area contributed by atoms with Gasteiger partial charge in [-0.1, -0.05) is 6.42 Å². The minimum absolute atomic E-state index is 0. The van der Waals surface area contributed by atoms with E-state index in [0.717, 1.165) is 12.8 Å². The molecule has 0 aromatic heterocycles. The Morgan fingerprint density at radius 1 is 0.952 bits per heavy atom. The third kappa shape index (κ3) is 75.0. The molecule has 12 nitrogen and oxygen atoms in total. The van der Waals surface area contributed by atoms with Gasteiger partial charge in [0.05, 0.1) is 0 Å². The minimum atomic E-state index is -4.64. The van der Waals surface area contributed by atoms with Gasteiger partial charge in [-0.15, -0.1) is 0 Å². The van der Waals surface area contributed by atoms with Gasteiger partial charge in [-0.25, -0.2) is 9.13 Å². The average molecular weight is 382 g/mol. The summed E-state index contributed by atoms with van der Waals surface area (Å²) in [7, 11) is -9.28. The summed E-state index contributed by atoms with van der Waals surface area (Å²) in [6.45, 7) is 0.604. The van der Waals surface area contributed by atoms with Gasteiger partial charge in [0, 0.05) is 0 Å². The van der Waals surface area contributed by atoms with Crippen molar-refractivity contribution >= 4 is 73.0 Å². The molecule has 0 heterocycles. The molecular formula is C6H21KN2O10P2. The van der Waals surface area contributed by atoms with Gasteiger partial charge in [-0.2, -0.15) is 0 Å². The predicted molar refractivity (Wildman–Crippen MR) is 74.2 cm³/mol. The van der Waals surface area contributed by atoms with Crippen molar-refractivity contribution in [3.63, 3.8) is 0 Å². The van der Waals surface area contributed by atoms with Gasteiger partial charge < -0.3 is 45.9 Å². The van der Waals surface area contributed by atoms with Gasteiger partial charge in [-0.3, -0.25) is 4.79 Å². The number of carboxylic acids is 1. The van der Waals surface area contributed by atoms with E-state index in [1.165, 1.54) is 0 Å². The van der Waals surface area contributed by atoms with Crippen molar-refractivity contribution in [1.29, 1.82) is 0 Å². The first-order valence-corrected chi connectivity index (χ1v) is 8.06. The number of rotatable bonds is 5. The zero-order chi connectivity index (χ0) is 17.0. The van der Waals surface area contributed by atoms with Crippen LogP contribution in [0.3, 0.4) is 0 Å². The van der Waals surface area contributed by atoms with E-state index in [4.69, 9.17) is 55.1 Å². The van der Waals surface area contributed by atoms with Gasteiger partial charge in [0.25, 0.3) is 0 Å². The zero-order valence-corrected chi connectivity index (χ0v) is 12.1. The molecule has 0 fully saturated rings. The van der Waals surface area contributed by atoms with Crippen molar-refractivity contribution in [2.24, 2.45) is 11.5 Å². The van der Waals surface area contributed by atoms with Gasteiger partial charge in [0.15, 0.2) is 0 Å². The molecule has 21 heavy (non-hydrogen) atoms. The molecule has 0 aliphatic heterocycles. The number of nitrogens with two attached hydrogens (primary N) is 2. The first-order chi connectivity index (χ1) is 8.68. The van der Waals surface area contributed by atoms with Crippen LogP contribution in [0.1, 0.15) is 19.3 Å². The third-order valence-electron chi connectivity index (χ3n) is 1.29. The SMILES string of the molecule is NCCCCC(N)C(=O)O.O=P(O)(O)O.O=P(O)(O)O.[KH]. The second-order valence-corrected chi connectivity index (χ2v) is 5.31. The van der Waals surface area contributed by atoms with Crippen molar-refractivity contribution in [1.82, 2.24) is 0 Å². The van der Waals surface area contributed by atoms with E-state index in [1.54, 1.807) is 0 Å². The van der Waals surface area contributed by atoms with Crippen LogP contribution in [0.5, 0.6) is 0 Å².